The van der Waals surface area contributed by atoms with Gasteiger partial charge in [-0.1, -0.05) is 18.2 Å². The lowest BCUT2D eigenvalue weighted by molar-refractivity contribution is -0.129. The highest BCUT2D eigenvalue weighted by molar-refractivity contribution is 5.78. The highest BCUT2D eigenvalue weighted by Crippen LogP contribution is 2.16. The summed E-state index contributed by atoms with van der Waals surface area (Å²) in [4.78, 5) is 13.8. The minimum absolute atomic E-state index is 0.167. The second-order valence-electron chi connectivity index (χ2n) is 5.01. The van der Waals surface area contributed by atoms with Crippen molar-refractivity contribution in [1.82, 2.24) is 10.2 Å². The summed E-state index contributed by atoms with van der Waals surface area (Å²) >= 11 is 0. The summed E-state index contributed by atoms with van der Waals surface area (Å²) in [6, 6.07) is 6.64. The van der Waals surface area contributed by atoms with Crippen LogP contribution in [-0.2, 0) is 4.79 Å². The first-order valence-electron chi connectivity index (χ1n) is 7.07. The molecule has 106 valence electrons. The number of rotatable bonds is 6. The Balaban J connectivity index is 2.57. The maximum absolute atomic E-state index is 11.9. The molecule has 0 fully saturated rings. The van der Waals surface area contributed by atoms with Crippen molar-refractivity contribution in [2.75, 3.05) is 19.6 Å². The molecule has 1 atom stereocenters. The number of benzene rings is 1. The van der Waals surface area contributed by atoms with Crippen LogP contribution in [0.2, 0.25) is 0 Å². The molecule has 3 nitrogen and oxygen atoms in total. The van der Waals surface area contributed by atoms with Crippen LogP contribution < -0.4 is 5.32 Å². The molecule has 1 aromatic rings. The first kappa shape index (κ1) is 15.7. The second-order valence-corrected chi connectivity index (χ2v) is 5.01. The second kappa shape index (κ2) is 7.29. The van der Waals surface area contributed by atoms with Crippen LogP contribution in [0, 0.1) is 13.8 Å². The molecule has 0 aliphatic heterocycles. The average Bonchev–Trinajstić information content (AvgIpc) is 2.40. The summed E-state index contributed by atoms with van der Waals surface area (Å²) < 4.78 is 0. The van der Waals surface area contributed by atoms with Crippen LogP contribution in [0.15, 0.2) is 18.2 Å². The molecule has 0 saturated heterocycles. The Hall–Kier alpha value is -1.35. The number of amides is 1. The van der Waals surface area contributed by atoms with Crippen LogP contribution >= 0.6 is 0 Å². The fourth-order valence-corrected chi connectivity index (χ4v) is 2.08. The predicted octanol–water partition coefficient (Wildman–Crippen LogP) is 2.82. The van der Waals surface area contributed by atoms with Crippen molar-refractivity contribution in [2.45, 2.75) is 40.7 Å². The molecular formula is C16H26N2O. The fraction of sp³-hybridized carbons (Fsp3) is 0.562. The third-order valence-electron chi connectivity index (χ3n) is 3.71. The lowest BCUT2D eigenvalue weighted by Gasteiger charge is -2.21. The van der Waals surface area contributed by atoms with Gasteiger partial charge in [0.2, 0.25) is 5.91 Å². The van der Waals surface area contributed by atoms with Crippen LogP contribution in [0.3, 0.4) is 0 Å². The molecule has 1 aromatic carbocycles. The summed E-state index contributed by atoms with van der Waals surface area (Å²) in [7, 11) is 0. The molecule has 1 N–H and O–H groups in total. The molecule has 1 amide bonds. The van der Waals surface area contributed by atoms with Crippen molar-refractivity contribution in [3.63, 3.8) is 0 Å². The molecular weight excluding hydrogens is 236 g/mol. The van der Waals surface area contributed by atoms with Gasteiger partial charge in [0.15, 0.2) is 0 Å². The predicted molar refractivity (Wildman–Crippen MR) is 80.3 cm³/mol. The van der Waals surface area contributed by atoms with Crippen LogP contribution in [0.4, 0.5) is 0 Å². The summed E-state index contributed by atoms with van der Waals surface area (Å²) in [5.74, 6) is 0.167. The van der Waals surface area contributed by atoms with E-state index < -0.39 is 0 Å². The molecule has 1 unspecified atom stereocenters. The maximum atomic E-state index is 11.9. The molecule has 0 bridgehead atoms. The molecule has 19 heavy (non-hydrogen) atoms. The molecule has 0 aliphatic carbocycles. The topological polar surface area (TPSA) is 32.3 Å². The van der Waals surface area contributed by atoms with Gasteiger partial charge in [0.05, 0.1) is 6.54 Å². The molecule has 3 heteroatoms. The van der Waals surface area contributed by atoms with Gasteiger partial charge in [0.1, 0.15) is 0 Å². The zero-order valence-corrected chi connectivity index (χ0v) is 12.8. The highest BCUT2D eigenvalue weighted by Gasteiger charge is 2.12. The van der Waals surface area contributed by atoms with Crippen LogP contribution in [0.25, 0.3) is 0 Å². The van der Waals surface area contributed by atoms with Crippen LogP contribution in [-0.4, -0.2) is 30.4 Å². The van der Waals surface area contributed by atoms with Crippen molar-refractivity contribution in [1.29, 1.82) is 0 Å². The van der Waals surface area contributed by atoms with E-state index in [-0.39, 0.29) is 11.9 Å². The van der Waals surface area contributed by atoms with Gasteiger partial charge in [-0.3, -0.25) is 4.79 Å². The van der Waals surface area contributed by atoms with E-state index in [1.54, 1.807) is 0 Å². The normalized spacial score (nSPS) is 12.3. The van der Waals surface area contributed by atoms with E-state index in [4.69, 9.17) is 0 Å². The lowest BCUT2D eigenvalue weighted by Crippen LogP contribution is -2.38. The minimum Gasteiger partial charge on any atom is -0.342 e. The monoisotopic (exact) mass is 262 g/mol. The SMILES string of the molecule is CCN(CC)C(=O)CNC(C)c1ccc(C)c(C)c1. The molecule has 0 saturated carbocycles. The van der Waals surface area contributed by atoms with Crippen molar-refractivity contribution in [3.8, 4) is 0 Å². The van der Waals surface area contributed by atoms with Gasteiger partial charge in [-0.15, -0.1) is 0 Å². The zero-order valence-electron chi connectivity index (χ0n) is 12.8. The first-order valence-corrected chi connectivity index (χ1v) is 7.07. The van der Waals surface area contributed by atoms with E-state index in [0.717, 1.165) is 13.1 Å². The number of carbonyl (C=O) groups is 1. The van der Waals surface area contributed by atoms with Gasteiger partial charge in [0.25, 0.3) is 0 Å². The van der Waals surface area contributed by atoms with Gasteiger partial charge in [-0.2, -0.15) is 0 Å². The van der Waals surface area contributed by atoms with Gasteiger partial charge in [-0.05, 0) is 51.3 Å². The van der Waals surface area contributed by atoms with Crippen molar-refractivity contribution >= 4 is 5.91 Å². The third-order valence-corrected chi connectivity index (χ3v) is 3.71. The summed E-state index contributed by atoms with van der Waals surface area (Å²) in [6.07, 6.45) is 0. The Morgan fingerprint density at radius 3 is 2.37 bits per heavy atom. The Morgan fingerprint density at radius 1 is 1.21 bits per heavy atom. The van der Waals surface area contributed by atoms with E-state index in [9.17, 15) is 4.79 Å². The van der Waals surface area contributed by atoms with Crippen molar-refractivity contribution in [2.24, 2.45) is 0 Å². The van der Waals surface area contributed by atoms with Gasteiger partial charge in [0, 0.05) is 19.1 Å². The summed E-state index contributed by atoms with van der Waals surface area (Å²) in [6.45, 7) is 12.3. The number of nitrogens with one attached hydrogen (secondary N) is 1. The van der Waals surface area contributed by atoms with Gasteiger partial charge < -0.3 is 10.2 Å². The standard InChI is InChI=1S/C16H26N2O/c1-6-18(7-2)16(19)11-17-14(5)15-9-8-12(3)13(4)10-15/h8-10,14,17H,6-7,11H2,1-5H3. The first-order chi connectivity index (χ1) is 8.99. The molecule has 0 spiro atoms. The third kappa shape index (κ3) is 4.35. The fourth-order valence-electron chi connectivity index (χ4n) is 2.08. The van der Waals surface area contributed by atoms with Crippen molar-refractivity contribution < 1.29 is 4.79 Å². The Bertz CT molecular complexity index is 425. The number of hydrogen-bond donors (Lipinski definition) is 1. The maximum Gasteiger partial charge on any atom is 0.236 e. The smallest absolute Gasteiger partial charge is 0.236 e. The minimum atomic E-state index is 0.167. The molecule has 1 rings (SSSR count). The zero-order chi connectivity index (χ0) is 14.4. The molecule has 0 aliphatic rings. The van der Waals surface area contributed by atoms with E-state index >= 15 is 0 Å². The quantitative estimate of drug-likeness (QED) is 0.855. The number of aryl methyl sites for hydroxylation is 2. The van der Waals surface area contributed by atoms with E-state index in [0.29, 0.717) is 6.54 Å². The molecule has 0 radical (unpaired) electrons. The largest absolute Gasteiger partial charge is 0.342 e. The van der Waals surface area contributed by atoms with Crippen LogP contribution in [0.5, 0.6) is 0 Å². The lowest BCUT2D eigenvalue weighted by atomic mass is 10.0. The summed E-state index contributed by atoms with van der Waals surface area (Å²) in [5, 5.41) is 3.30. The van der Waals surface area contributed by atoms with E-state index in [2.05, 4.69) is 44.3 Å². The average molecular weight is 262 g/mol. The van der Waals surface area contributed by atoms with Crippen LogP contribution in [0.1, 0.15) is 43.5 Å². The number of hydrogen-bond acceptors (Lipinski definition) is 2. The Labute approximate surface area is 117 Å². The van der Waals surface area contributed by atoms with Gasteiger partial charge >= 0.3 is 0 Å². The number of carbonyl (C=O) groups excluding carboxylic acids is 1. The van der Waals surface area contributed by atoms with E-state index in [1.807, 2.05) is 18.7 Å². The highest BCUT2D eigenvalue weighted by atomic mass is 16.2. The Morgan fingerprint density at radius 2 is 1.84 bits per heavy atom. The molecule has 0 aromatic heterocycles. The number of nitrogens with zero attached hydrogens (tertiary/aromatic N) is 1. The van der Waals surface area contributed by atoms with Crippen molar-refractivity contribution in [3.05, 3.63) is 34.9 Å². The van der Waals surface area contributed by atoms with Gasteiger partial charge in [-0.25, -0.2) is 0 Å². The number of likely N-dealkylation sites (N-methyl/N-ethyl adjacent to an activating group) is 1. The molecule has 0 heterocycles. The Kier molecular flexibility index (Phi) is 6.03. The summed E-state index contributed by atoms with van der Waals surface area (Å²) in [5.41, 5.74) is 3.83. The van der Waals surface area contributed by atoms with E-state index in [1.165, 1.54) is 16.7 Å².